The van der Waals surface area contributed by atoms with Gasteiger partial charge in [0.1, 0.15) is 0 Å². The first-order chi connectivity index (χ1) is 8.31. The Morgan fingerprint density at radius 1 is 1.41 bits per heavy atom. The smallest absolute Gasteiger partial charge is 0.0573 e. The molecule has 17 heavy (non-hydrogen) atoms. The highest BCUT2D eigenvalue weighted by Crippen LogP contribution is 2.20. The molecule has 0 bridgehead atoms. The van der Waals surface area contributed by atoms with Crippen LogP contribution in [0.3, 0.4) is 0 Å². The molecule has 2 rings (SSSR count). The predicted octanol–water partition coefficient (Wildman–Crippen LogP) is 3.53. The van der Waals surface area contributed by atoms with Gasteiger partial charge in [0.05, 0.1) is 5.69 Å². The normalized spacial score (nSPS) is 22.4. The first-order valence-corrected chi connectivity index (χ1v) is 7.64. The Morgan fingerprint density at radius 3 is 3.06 bits per heavy atom. The number of rotatable bonds is 3. The van der Waals surface area contributed by atoms with Crippen LogP contribution in [0.2, 0.25) is 0 Å². The molecule has 0 aromatic carbocycles. The van der Waals surface area contributed by atoms with E-state index in [1.807, 2.05) is 12.3 Å². The summed E-state index contributed by atoms with van der Waals surface area (Å²) < 4.78 is 0. The van der Waals surface area contributed by atoms with Crippen LogP contribution >= 0.6 is 15.9 Å². The second kappa shape index (κ2) is 6.50. The van der Waals surface area contributed by atoms with Crippen molar-refractivity contribution < 1.29 is 0 Å². The van der Waals surface area contributed by atoms with Gasteiger partial charge in [0.2, 0.25) is 0 Å². The number of likely N-dealkylation sites (tertiary alicyclic amines) is 1. The highest BCUT2D eigenvalue weighted by molar-refractivity contribution is 9.09. The molecule has 1 aromatic rings. The summed E-state index contributed by atoms with van der Waals surface area (Å²) in [6, 6.07) is 4.85. The number of nitrogens with zero attached hydrogens (tertiary/aromatic N) is 2. The van der Waals surface area contributed by atoms with Crippen LogP contribution < -0.4 is 0 Å². The van der Waals surface area contributed by atoms with Crippen molar-refractivity contribution in [2.75, 3.05) is 11.9 Å². The lowest BCUT2D eigenvalue weighted by atomic mass is 10.1. The third kappa shape index (κ3) is 3.52. The molecule has 94 valence electrons. The van der Waals surface area contributed by atoms with E-state index in [4.69, 9.17) is 0 Å². The van der Waals surface area contributed by atoms with Gasteiger partial charge in [-0.05, 0) is 37.9 Å². The summed E-state index contributed by atoms with van der Waals surface area (Å²) in [5.74, 6) is 0. The van der Waals surface area contributed by atoms with E-state index in [1.54, 1.807) is 0 Å². The zero-order valence-electron chi connectivity index (χ0n) is 10.5. The van der Waals surface area contributed by atoms with Crippen molar-refractivity contribution >= 4 is 15.9 Å². The standard InChI is InChI=1S/C14H21BrN2/c1-12-6-5-8-16-14(12)11-17-9-4-2-3-7-13(17)10-15/h5-6,8,13H,2-4,7,9-11H2,1H3. The van der Waals surface area contributed by atoms with E-state index in [2.05, 4.69) is 38.8 Å². The molecule has 1 aliphatic heterocycles. The van der Waals surface area contributed by atoms with Crippen LogP contribution in [0, 0.1) is 6.92 Å². The van der Waals surface area contributed by atoms with Crippen molar-refractivity contribution in [2.45, 2.75) is 45.2 Å². The molecule has 1 aliphatic rings. The molecule has 0 spiro atoms. The van der Waals surface area contributed by atoms with Gasteiger partial charge in [-0.1, -0.05) is 34.8 Å². The van der Waals surface area contributed by atoms with Crippen LogP contribution in [0.5, 0.6) is 0 Å². The highest BCUT2D eigenvalue weighted by atomic mass is 79.9. The van der Waals surface area contributed by atoms with Crippen molar-refractivity contribution in [1.82, 2.24) is 9.88 Å². The fourth-order valence-corrected chi connectivity index (χ4v) is 3.23. The molecule has 0 saturated carbocycles. The van der Waals surface area contributed by atoms with Gasteiger partial charge < -0.3 is 0 Å². The molecule has 0 amide bonds. The zero-order chi connectivity index (χ0) is 12.1. The number of aryl methyl sites for hydroxylation is 1. The molecule has 0 aliphatic carbocycles. The third-order valence-electron chi connectivity index (χ3n) is 3.65. The van der Waals surface area contributed by atoms with Crippen LogP contribution in [0.25, 0.3) is 0 Å². The van der Waals surface area contributed by atoms with E-state index >= 15 is 0 Å². The zero-order valence-corrected chi connectivity index (χ0v) is 12.1. The average Bonchev–Trinajstić information content (AvgIpc) is 2.57. The topological polar surface area (TPSA) is 16.1 Å². The first kappa shape index (κ1) is 13.0. The lowest BCUT2D eigenvalue weighted by Gasteiger charge is -2.28. The lowest BCUT2D eigenvalue weighted by molar-refractivity contribution is 0.206. The molecular formula is C14H21BrN2. The van der Waals surface area contributed by atoms with E-state index in [0.29, 0.717) is 6.04 Å². The minimum atomic E-state index is 0.680. The first-order valence-electron chi connectivity index (χ1n) is 6.52. The van der Waals surface area contributed by atoms with E-state index < -0.39 is 0 Å². The number of hydrogen-bond acceptors (Lipinski definition) is 2. The molecule has 2 nitrogen and oxygen atoms in total. The predicted molar refractivity (Wildman–Crippen MR) is 75.4 cm³/mol. The molecule has 1 fully saturated rings. The summed E-state index contributed by atoms with van der Waals surface area (Å²) in [5, 5.41) is 1.08. The highest BCUT2D eigenvalue weighted by Gasteiger charge is 2.20. The molecule has 0 radical (unpaired) electrons. The summed E-state index contributed by atoms with van der Waals surface area (Å²) in [6.07, 6.45) is 7.30. The van der Waals surface area contributed by atoms with Crippen LogP contribution in [0.1, 0.15) is 36.9 Å². The molecule has 2 heterocycles. The lowest BCUT2D eigenvalue weighted by Crippen LogP contribution is -2.35. The quantitative estimate of drug-likeness (QED) is 0.793. The maximum atomic E-state index is 4.51. The SMILES string of the molecule is Cc1cccnc1CN1CCCCCC1CBr. The van der Waals surface area contributed by atoms with Crippen molar-refractivity contribution in [3.63, 3.8) is 0 Å². The summed E-state index contributed by atoms with van der Waals surface area (Å²) in [7, 11) is 0. The van der Waals surface area contributed by atoms with Gasteiger partial charge in [0.15, 0.2) is 0 Å². The second-order valence-corrected chi connectivity index (χ2v) is 5.54. The van der Waals surface area contributed by atoms with Crippen molar-refractivity contribution in [3.05, 3.63) is 29.6 Å². The minimum absolute atomic E-state index is 0.680. The number of halogens is 1. The summed E-state index contributed by atoms with van der Waals surface area (Å²) in [5.41, 5.74) is 2.55. The molecule has 1 unspecified atom stereocenters. The van der Waals surface area contributed by atoms with E-state index in [9.17, 15) is 0 Å². The number of aromatic nitrogens is 1. The third-order valence-corrected chi connectivity index (χ3v) is 4.40. The Hall–Kier alpha value is -0.410. The maximum absolute atomic E-state index is 4.51. The van der Waals surface area contributed by atoms with Gasteiger partial charge >= 0.3 is 0 Å². The van der Waals surface area contributed by atoms with Crippen molar-refractivity contribution in [1.29, 1.82) is 0 Å². The van der Waals surface area contributed by atoms with Crippen LogP contribution in [-0.2, 0) is 6.54 Å². The summed E-state index contributed by atoms with van der Waals surface area (Å²) >= 11 is 3.66. The molecule has 0 N–H and O–H groups in total. The Morgan fingerprint density at radius 2 is 2.29 bits per heavy atom. The van der Waals surface area contributed by atoms with Gasteiger partial charge in [-0.2, -0.15) is 0 Å². The monoisotopic (exact) mass is 296 g/mol. The Bertz CT molecular complexity index is 354. The minimum Gasteiger partial charge on any atom is -0.294 e. The van der Waals surface area contributed by atoms with Gasteiger partial charge in [-0.25, -0.2) is 0 Å². The second-order valence-electron chi connectivity index (χ2n) is 4.89. The van der Waals surface area contributed by atoms with Crippen LogP contribution in [0.4, 0.5) is 0 Å². The van der Waals surface area contributed by atoms with Crippen molar-refractivity contribution in [3.8, 4) is 0 Å². The Kier molecular flexibility index (Phi) is 4.99. The van der Waals surface area contributed by atoms with Gasteiger partial charge in [-0.15, -0.1) is 0 Å². The van der Waals surface area contributed by atoms with E-state index in [1.165, 1.54) is 43.5 Å². The largest absolute Gasteiger partial charge is 0.294 e. The van der Waals surface area contributed by atoms with Crippen LogP contribution in [0.15, 0.2) is 18.3 Å². The number of hydrogen-bond donors (Lipinski definition) is 0. The summed E-state index contributed by atoms with van der Waals surface area (Å²) in [4.78, 5) is 7.11. The number of alkyl halides is 1. The molecule has 1 saturated heterocycles. The maximum Gasteiger partial charge on any atom is 0.0573 e. The number of pyridine rings is 1. The molecule has 3 heteroatoms. The van der Waals surface area contributed by atoms with Crippen LogP contribution in [-0.4, -0.2) is 27.8 Å². The van der Waals surface area contributed by atoms with Crippen molar-refractivity contribution in [2.24, 2.45) is 0 Å². The fourth-order valence-electron chi connectivity index (χ4n) is 2.50. The van der Waals surface area contributed by atoms with E-state index in [-0.39, 0.29) is 0 Å². The Labute approximate surface area is 113 Å². The fraction of sp³-hybridized carbons (Fsp3) is 0.643. The van der Waals surface area contributed by atoms with E-state index in [0.717, 1.165) is 11.9 Å². The Balaban J connectivity index is 2.07. The average molecular weight is 297 g/mol. The van der Waals surface area contributed by atoms with Gasteiger partial charge in [0.25, 0.3) is 0 Å². The molecular weight excluding hydrogens is 276 g/mol. The van der Waals surface area contributed by atoms with Gasteiger partial charge in [0, 0.05) is 24.1 Å². The van der Waals surface area contributed by atoms with Gasteiger partial charge in [-0.3, -0.25) is 9.88 Å². The summed E-state index contributed by atoms with van der Waals surface area (Å²) in [6.45, 7) is 4.37. The molecule has 1 aromatic heterocycles. The molecule has 1 atom stereocenters.